The van der Waals surface area contributed by atoms with Crippen molar-refractivity contribution in [2.45, 2.75) is 6.61 Å². The van der Waals surface area contributed by atoms with E-state index in [-0.39, 0.29) is 5.57 Å². The van der Waals surface area contributed by atoms with Crippen molar-refractivity contribution in [1.82, 2.24) is 0 Å². The van der Waals surface area contributed by atoms with Crippen molar-refractivity contribution in [2.75, 3.05) is 12.4 Å². The van der Waals surface area contributed by atoms with Gasteiger partial charge in [-0.2, -0.15) is 5.26 Å². The van der Waals surface area contributed by atoms with Crippen LogP contribution >= 0.6 is 23.2 Å². The minimum atomic E-state index is -0.568. The van der Waals surface area contributed by atoms with Crippen LogP contribution in [0.3, 0.4) is 0 Å². The number of nitrogens with one attached hydrogen (secondary N) is 1. The van der Waals surface area contributed by atoms with Gasteiger partial charge >= 0.3 is 0 Å². The van der Waals surface area contributed by atoms with Gasteiger partial charge in [-0.05, 0) is 64.4 Å². The van der Waals surface area contributed by atoms with Crippen LogP contribution in [0, 0.1) is 11.3 Å². The molecule has 0 atom stereocenters. The van der Waals surface area contributed by atoms with Gasteiger partial charge in [0.25, 0.3) is 5.91 Å². The molecule has 1 amide bonds. The minimum absolute atomic E-state index is 0.104. The number of hydrogen-bond acceptors (Lipinski definition) is 4. The van der Waals surface area contributed by atoms with Crippen LogP contribution in [0.2, 0.25) is 10.0 Å². The highest BCUT2D eigenvalue weighted by atomic mass is 35.5. The molecule has 4 aromatic carbocycles. The number of benzene rings is 4. The summed E-state index contributed by atoms with van der Waals surface area (Å²) in [4.78, 5) is 12.6. The number of anilines is 1. The molecule has 174 valence electrons. The smallest absolute Gasteiger partial charge is 0.266 e. The average molecular weight is 503 g/mol. The van der Waals surface area contributed by atoms with E-state index < -0.39 is 5.91 Å². The molecule has 0 radical (unpaired) electrons. The molecule has 1 N–H and O–H groups in total. The summed E-state index contributed by atoms with van der Waals surface area (Å²) in [5.41, 5.74) is 1.88. The quantitative estimate of drug-likeness (QED) is 0.213. The Morgan fingerprint density at radius 3 is 2.54 bits per heavy atom. The molecule has 0 aromatic heterocycles. The molecule has 7 heteroatoms. The fraction of sp³-hybridized carbons (Fsp3) is 0.0714. The van der Waals surface area contributed by atoms with E-state index in [9.17, 15) is 10.1 Å². The third-order valence-corrected chi connectivity index (χ3v) is 5.72. The molecule has 0 bridgehead atoms. The Morgan fingerprint density at radius 2 is 1.80 bits per heavy atom. The van der Waals surface area contributed by atoms with Crippen LogP contribution in [0.5, 0.6) is 11.5 Å². The molecule has 0 fully saturated rings. The van der Waals surface area contributed by atoms with Crippen molar-refractivity contribution in [1.29, 1.82) is 5.26 Å². The number of halogens is 2. The molecule has 35 heavy (non-hydrogen) atoms. The van der Waals surface area contributed by atoms with E-state index in [1.807, 2.05) is 36.4 Å². The molecule has 4 aromatic rings. The van der Waals surface area contributed by atoms with Gasteiger partial charge in [0, 0.05) is 10.7 Å². The van der Waals surface area contributed by atoms with E-state index in [2.05, 4.69) is 17.4 Å². The van der Waals surface area contributed by atoms with Gasteiger partial charge < -0.3 is 14.8 Å². The Balaban J connectivity index is 1.54. The minimum Gasteiger partial charge on any atom is -0.493 e. The third kappa shape index (κ3) is 5.93. The zero-order valence-electron chi connectivity index (χ0n) is 18.7. The molecule has 4 rings (SSSR count). The molecule has 0 unspecified atom stereocenters. The third-order valence-electron chi connectivity index (χ3n) is 5.21. The maximum atomic E-state index is 12.6. The molecule has 5 nitrogen and oxygen atoms in total. The number of nitrogens with zero attached hydrogens (tertiary/aromatic N) is 1. The van der Waals surface area contributed by atoms with Crippen molar-refractivity contribution in [2.24, 2.45) is 0 Å². The lowest BCUT2D eigenvalue weighted by molar-refractivity contribution is -0.112. The maximum Gasteiger partial charge on any atom is 0.266 e. The summed E-state index contributed by atoms with van der Waals surface area (Å²) in [6.07, 6.45) is 1.43. The summed E-state index contributed by atoms with van der Waals surface area (Å²) in [7, 11) is 1.50. The van der Waals surface area contributed by atoms with Gasteiger partial charge in [0.1, 0.15) is 18.2 Å². The SMILES string of the molecule is COc1cc(/C=C(\C#N)C(=O)Nc2cccc(Cl)c2)cc(Cl)c1OCc1ccc2ccccc2c1. The first kappa shape index (κ1) is 24.2. The monoisotopic (exact) mass is 502 g/mol. The Hall–Kier alpha value is -3.98. The van der Waals surface area contributed by atoms with Crippen LogP contribution in [-0.2, 0) is 11.4 Å². The van der Waals surface area contributed by atoms with Crippen molar-refractivity contribution in [3.63, 3.8) is 0 Å². The Kier molecular flexibility index (Phi) is 7.57. The number of methoxy groups -OCH3 is 1. The molecule has 0 saturated carbocycles. The number of hydrogen-bond donors (Lipinski definition) is 1. The number of fused-ring (bicyclic) bond motifs is 1. The summed E-state index contributed by atoms with van der Waals surface area (Å²) >= 11 is 12.5. The first-order valence-corrected chi connectivity index (χ1v) is 11.4. The van der Waals surface area contributed by atoms with Crippen molar-refractivity contribution in [3.05, 3.63) is 106 Å². The standard InChI is InChI=1S/C28H20Cl2N2O3/c1-34-26-14-19(12-22(16-31)28(33)32-24-8-4-7-23(29)15-24)13-25(30)27(26)35-17-18-9-10-20-5-2-3-6-21(20)11-18/h2-15H,17H2,1H3,(H,32,33)/b22-12+. The zero-order chi connectivity index (χ0) is 24.8. The van der Waals surface area contributed by atoms with E-state index >= 15 is 0 Å². The van der Waals surface area contributed by atoms with Gasteiger partial charge in [0.2, 0.25) is 0 Å². The number of ether oxygens (including phenoxy) is 2. The van der Waals surface area contributed by atoms with Crippen LogP contribution in [-0.4, -0.2) is 13.0 Å². The number of nitriles is 1. The molecule has 0 spiro atoms. The fourth-order valence-corrected chi connectivity index (χ4v) is 3.99. The molecule has 0 aliphatic rings. The fourth-order valence-electron chi connectivity index (χ4n) is 3.53. The first-order valence-electron chi connectivity index (χ1n) is 10.6. The van der Waals surface area contributed by atoms with E-state index in [0.29, 0.717) is 39.4 Å². The van der Waals surface area contributed by atoms with Crippen molar-refractivity contribution < 1.29 is 14.3 Å². The first-order chi connectivity index (χ1) is 17.0. The van der Waals surface area contributed by atoms with Gasteiger partial charge in [-0.3, -0.25) is 4.79 Å². The number of rotatable bonds is 7. The van der Waals surface area contributed by atoms with Crippen LogP contribution in [0.25, 0.3) is 16.8 Å². The Bertz CT molecular complexity index is 1480. The highest BCUT2D eigenvalue weighted by molar-refractivity contribution is 6.32. The Morgan fingerprint density at radius 1 is 1.00 bits per heavy atom. The number of carbonyl (C=O) groups excluding carboxylic acids is 1. The van der Waals surface area contributed by atoms with E-state index in [1.54, 1.807) is 36.4 Å². The van der Waals surface area contributed by atoms with Crippen LogP contribution in [0.4, 0.5) is 5.69 Å². The number of amides is 1. The van der Waals surface area contributed by atoms with Crippen molar-refractivity contribution >= 4 is 51.6 Å². The second kappa shape index (κ2) is 11.0. The van der Waals surface area contributed by atoms with E-state index in [4.69, 9.17) is 32.7 Å². The number of carbonyl (C=O) groups is 1. The predicted octanol–water partition coefficient (Wildman–Crippen LogP) is 7.28. The molecular weight excluding hydrogens is 483 g/mol. The lowest BCUT2D eigenvalue weighted by Crippen LogP contribution is -2.13. The van der Waals surface area contributed by atoms with Gasteiger partial charge in [-0.15, -0.1) is 0 Å². The molecule has 0 saturated heterocycles. The molecule has 0 aliphatic heterocycles. The summed E-state index contributed by atoms with van der Waals surface area (Å²) in [5.74, 6) is 0.194. The van der Waals surface area contributed by atoms with Crippen LogP contribution in [0.15, 0.2) is 84.4 Å². The summed E-state index contributed by atoms with van der Waals surface area (Å²) in [6.45, 7) is 0.293. The van der Waals surface area contributed by atoms with Crippen LogP contribution in [0.1, 0.15) is 11.1 Å². The molecular formula is C28H20Cl2N2O3. The van der Waals surface area contributed by atoms with E-state index in [1.165, 1.54) is 13.2 Å². The average Bonchev–Trinajstić information content (AvgIpc) is 2.86. The zero-order valence-corrected chi connectivity index (χ0v) is 20.2. The summed E-state index contributed by atoms with van der Waals surface area (Å²) in [5, 5.41) is 15.2. The second-order valence-electron chi connectivity index (χ2n) is 7.64. The highest BCUT2D eigenvalue weighted by Crippen LogP contribution is 2.37. The summed E-state index contributed by atoms with van der Waals surface area (Å²) < 4.78 is 11.5. The molecule has 0 heterocycles. The van der Waals surface area contributed by atoms with Crippen molar-refractivity contribution in [3.8, 4) is 17.6 Å². The summed E-state index contributed by atoms with van der Waals surface area (Å²) in [6, 6.07) is 26.0. The van der Waals surface area contributed by atoms with Gasteiger partial charge in [-0.25, -0.2) is 0 Å². The largest absolute Gasteiger partial charge is 0.493 e. The Labute approximate surface area is 213 Å². The predicted molar refractivity (Wildman–Crippen MR) is 140 cm³/mol. The van der Waals surface area contributed by atoms with Gasteiger partial charge in [0.15, 0.2) is 11.5 Å². The van der Waals surface area contributed by atoms with Gasteiger partial charge in [0.05, 0.1) is 12.1 Å². The normalized spacial score (nSPS) is 11.1. The van der Waals surface area contributed by atoms with Gasteiger partial charge in [-0.1, -0.05) is 65.7 Å². The highest BCUT2D eigenvalue weighted by Gasteiger charge is 2.15. The topological polar surface area (TPSA) is 71.3 Å². The lowest BCUT2D eigenvalue weighted by Gasteiger charge is -2.14. The second-order valence-corrected chi connectivity index (χ2v) is 8.48. The van der Waals surface area contributed by atoms with E-state index in [0.717, 1.165) is 16.3 Å². The molecule has 0 aliphatic carbocycles. The van der Waals surface area contributed by atoms with Crippen LogP contribution < -0.4 is 14.8 Å². The lowest BCUT2D eigenvalue weighted by atomic mass is 10.1. The maximum absolute atomic E-state index is 12.6.